The molecule has 10 atom stereocenters. The standard InChI is InChI=1S/C42H46O20/c1-17(40(51)61-35-18(2)57-42(34(50)33(35)49)62-39-32(48)30(46)28(59-41(39)52)16-56-19(3)43)11-20-12-26(54-5)37(27(13-20)55-6)60-38-31(47)29-24(45)14-22(44)15-25(29)58-36(38)21-7-9-23(53-4)10-8-21/h7-15,18,28,30,32-35,39,41-42,44-46,48-50,52H,16H2,1-6H3/b17-11+/t18-,28+,30+,32-,33-,34+,35-,39+,41?,42?/m0/s1. The molecule has 0 amide bonds. The first kappa shape index (κ1) is 45.6. The number of methoxy groups -OCH3 is 3. The number of hydrogen-bond donors (Lipinski definition) is 7. The first-order valence-electron chi connectivity index (χ1n) is 19.0. The van der Waals surface area contributed by atoms with Gasteiger partial charge in [0.15, 0.2) is 35.9 Å². The van der Waals surface area contributed by atoms with E-state index in [0.717, 1.165) is 13.0 Å². The topological polar surface area (TPSA) is 289 Å². The van der Waals surface area contributed by atoms with Crippen LogP contribution in [0.4, 0.5) is 0 Å². The second-order valence-electron chi connectivity index (χ2n) is 14.4. The summed E-state index contributed by atoms with van der Waals surface area (Å²) in [6.07, 6.45) is -14.9. The van der Waals surface area contributed by atoms with Gasteiger partial charge in [-0.15, -0.1) is 0 Å². The van der Waals surface area contributed by atoms with E-state index in [9.17, 15) is 50.1 Å². The van der Waals surface area contributed by atoms with E-state index in [4.69, 9.17) is 47.0 Å². The molecule has 0 saturated carbocycles. The number of benzene rings is 3. The van der Waals surface area contributed by atoms with Gasteiger partial charge in [0.05, 0.1) is 27.4 Å². The summed E-state index contributed by atoms with van der Waals surface area (Å²) < 4.78 is 55.5. The molecule has 20 heteroatoms. The first-order chi connectivity index (χ1) is 29.4. The van der Waals surface area contributed by atoms with Gasteiger partial charge in [0, 0.05) is 30.2 Å². The molecule has 4 aromatic rings. The average Bonchev–Trinajstić information content (AvgIpc) is 3.24. The Labute approximate surface area is 352 Å². The lowest BCUT2D eigenvalue weighted by Gasteiger charge is -2.45. The summed E-state index contributed by atoms with van der Waals surface area (Å²) in [4.78, 5) is 38.6. The number of carbonyl (C=O) groups is 2. The van der Waals surface area contributed by atoms with Gasteiger partial charge in [-0.2, -0.15) is 0 Å². The third-order valence-corrected chi connectivity index (χ3v) is 10.1. The number of phenols is 2. The summed E-state index contributed by atoms with van der Waals surface area (Å²) in [5.41, 5.74) is -0.235. The van der Waals surface area contributed by atoms with E-state index in [-0.39, 0.29) is 51.1 Å². The van der Waals surface area contributed by atoms with Crippen LogP contribution in [0.15, 0.2) is 63.3 Å². The smallest absolute Gasteiger partial charge is 0.334 e. The highest BCUT2D eigenvalue weighted by molar-refractivity contribution is 5.93. The predicted octanol–water partition coefficient (Wildman–Crippen LogP) is 1.86. The molecule has 62 heavy (non-hydrogen) atoms. The van der Waals surface area contributed by atoms with Crippen molar-refractivity contribution in [3.63, 3.8) is 0 Å². The maximum atomic E-state index is 14.0. The number of carbonyl (C=O) groups excluding carboxylic acids is 2. The van der Waals surface area contributed by atoms with Gasteiger partial charge in [-0.25, -0.2) is 4.79 Å². The predicted molar refractivity (Wildman–Crippen MR) is 212 cm³/mol. The molecule has 0 bridgehead atoms. The second-order valence-corrected chi connectivity index (χ2v) is 14.4. The largest absolute Gasteiger partial charge is 0.508 e. The second kappa shape index (κ2) is 19.0. The van der Waals surface area contributed by atoms with Crippen molar-refractivity contribution in [2.75, 3.05) is 27.9 Å². The summed E-state index contributed by atoms with van der Waals surface area (Å²) in [6, 6.07) is 11.5. The van der Waals surface area contributed by atoms with Crippen LogP contribution in [0.5, 0.6) is 40.2 Å². The molecule has 0 radical (unpaired) electrons. The molecule has 2 saturated heterocycles. The van der Waals surface area contributed by atoms with Gasteiger partial charge in [-0.3, -0.25) is 9.59 Å². The molecular weight excluding hydrogens is 824 g/mol. The first-order valence-corrected chi connectivity index (χ1v) is 19.0. The monoisotopic (exact) mass is 870 g/mol. The Hall–Kier alpha value is -5.97. The molecule has 7 N–H and O–H groups in total. The SMILES string of the molecule is COc1ccc(-c2oc3cc(O)cc(O)c3c(=O)c2Oc2c(OC)cc(/C=C(\C)C(=O)O[C@@H]3[C@@H](O)[C@@H](O)C(O[C@H]4C(O)O[C@H](COC(C)=O)[C@@H](O)[C@@H]4O)O[C@H]3C)cc2OC)cc1. The maximum absolute atomic E-state index is 14.0. The summed E-state index contributed by atoms with van der Waals surface area (Å²) in [7, 11) is 4.12. The quantitative estimate of drug-likeness (QED) is 0.0745. The molecule has 2 aliphatic rings. The summed E-state index contributed by atoms with van der Waals surface area (Å²) in [5.74, 6) is -2.51. The van der Waals surface area contributed by atoms with Crippen LogP contribution >= 0.6 is 0 Å². The zero-order chi connectivity index (χ0) is 45.2. The van der Waals surface area contributed by atoms with E-state index in [2.05, 4.69) is 0 Å². The number of fused-ring (bicyclic) bond motifs is 1. The number of ether oxygens (including phenoxy) is 9. The number of aliphatic hydroxyl groups excluding tert-OH is 5. The molecule has 3 heterocycles. The van der Waals surface area contributed by atoms with Crippen molar-refractivity contribution < 1.29 is 92.4 Å². The van der Waals surface area contributed by atoms with Gasteiger partial charge in [0.2, 0.25) is 16.9 Å². The van der Waals surface area contributed by atoms with Crippen LogP contribution in [-0.2, 0) is 33.3 Å². The highest BCUT2D eigenvalue weighted by Gasteiger charge is 2.51. The molecule has 2 fully saturated rings. The van der Waals surface area contributed by atoms with Gasteiger partial charge in [-0.1, -0.05) is 0 Å². The van der Waals surface area contributed by atoms with Crippen LogP contribution < -0.4 is 24.4 Å². The summed E-state index contributed by atoms with van der Waals surface area (Å²) in [5, 5.41) is 74.0. The molecule has 2 aliphatic heterocycles. The van der Waals surface area contributed by atoms with Crippen LogP contribution in [0.3, 0.4) is 0 Å². The number of esters is 2. The van der Waals surface area contributed by atoms with E-state index in [1.165, 1.54) is 59.5 Å². The van der Waals surface area contributed by atoms with Crippen molar-refractivity contribution in [1.29, 1.82) is 0 Å². The Balaban J connectivity index is 1.21. The molecule has 2 unspecified atom stereocenters. The number of hydrogen-bond acceptors (Lipinski definition) is 20. The van der Waals surface area contributed by atoms with Gasteiger partial charge in [-0.05, 0) is 61.9 Å². The Bertz CT molecular complexity index is 2330. The van der Waals surface area contributed by atoms with Crippen molar-refractivity contribution >= 4 is 29.0 Å². The number of aromatic hydroxyl groups is 2. The average molecular weight is 871 g/mol. The van der Waals surface area contributed by atoms with E-state index in [0.29, 0.717) is 16.9 Å². The van der Waals surface area contributed by atoms with E-state index in [1.54, 1.807) is 24.3 Å². The Kier molecular flexibility index (Phi) is 13.9. The minimum absolute atomic E-state index is 0.00590. The molecule has 334 valence electrons. The van der Waals surface area contributed by atoms with E-state index in [1.807, 2.05) is 0 Å². The maximum Gasteiger partial charge on any atom is 0.334 e. The van der Waals surface area contributed by atoms with Crippen molar-refractivity contribution in [2.45, 2.75) is 82.2 Å². The zero-order valence-corrected chi connectivity index (χ0v) is 34.1. The lowest BCUT2D eigenvalue weighted by molar-refractivity contribution is -0.359. The van der Waals surface area contributed by atoms with Crippen LogP contribution in [0.1, 0.15) is 26.3 Å². The minimum Gasteiger partial charge on any atom is -0.508 e. The highest BCUT2D eigenvalue weighted by atomic mass is 16.7. The number of rotatable bonds is 13. The van der Waals surface area contributed by atoms with Crippen molar-refractivity contribution in [2.24, 2.45) is 0 Å². The van der Waals surface area contributed by atoms with E-state index < -0.39 is 91.1 Å². The zero-order valence-electron chi connectivity index (χ0n) is 34.1. The molecule has 6 rings (SSSR count). The third-order valence-electron chi connectivity index (χ3n) is 10.1. The Morgan fingerprint density at radius 1 is 0.790 bits per heavy atom. The molecule has 3 aromatic carbocycles. The van der Waals surface area contributed by atoms with Crippen LogP contribution in [0, 0.1) is 0 Å². The van der Waals surface area contributed by atoms with Gasteiger partial charge in [0.1, 0.15) is 71.4 Å². The van der Waals surface area contributed by atoms with Crippen LogP contribution in [0.25, 0.3) is 28.4 Å². The van der Waals surface area contributed by atoms with Crippen LogP contribution in [0.2, 0.25) is 0 Å². The van der Waals surface area contributed by atoms with Crippen molar-refractivity contribution in [1.82, 2.24) is 0 Å². The van der Waals surface area contributed by atoms with Crippen molar-refractivity contribution in [3.05, 3.63) is 69.9 Å². The van der Waals surface area contributed by atoms with Gasteiger partial charge < -0.3 is 82.8 Å². The molecule has 0 spiro atoms. The fraction of sp³-hybridized carbons (Fsp3) is 0.405. The van der Waals surface area contributed by atoms with E-state index >= 15 is 0 Å². The fourth-order valence-corrected chi connectivity index (χ4v) is 6.85. The lowest BCUT2D eigenvalue weighted by Crippen LogP contribution is -2.64. The highest BCUT2D eigenvalue weighted by Crippen LogP contribution is 2.45. The normalized spacial score (nSPS) is 26.4. The third kappa shape index (κ3) is 9.42. The van der Waals surface area contributed by atoms with Crippen molar-refractivity contribution in [3.8, 4) is 51.6 Å². The summed E-state index contributed by atoms with van der Waals surface area (Å²) in [6.45, 7) is 3.46. The molecule has 20 nitrogen and oxygen atoms in total. The molecular formula is C42H46O20. The Morgan fingerprint density at radius 3 is 2.05 bits per heavy atom. The number of phenolic OH excluding ortho intramolecular Hbond substituents is 2. The fourth-order valence-electron chi connectivity index (χ4n) is 6.85. The van der Waals surface area contributed by atoms with Crippen LogP contribution in [-0.4, -0.2) is 137 Å². The number of aliphatic hydroxyl groups is 5. The molecule has 1 aromatic heterocycles. The van der Waals surface area contributed by atoms with Gasteiger partial charge in [0.25, 0.3) is 0 Å². The van der Waals surface area contributed by atoms with Gasteiger partial charge >= 0.3 is 11.9 Å². The summed E-state index contributed by atoms with van der Waals surface area (Å²) >= 11 is 0. The Morgan fingerprint density at radius 2 is 1.44 bits per heavy atom. The lowest BCUT2D eigenvalue weighted by atomic mass is 9.97. The molecule has 0 aliphatic carbocycles. The minimum atomic E-state index is -1.89.